The van der Waals surface area contributed by atoms with E-state index in [1.54, 1.807) is 0 Å². The normalized spacial score (nSPS) is 11.9. The first-order chi connectivity index (χ1) is 26.6. The minimum absolute atomic E-state index is 0.173. The van der Waals surface area contributed by atoms with Crippen molar-refractivity contribution in [2.24, 2.45) is 0 Å². The molecule has 0 saturated heterocycles. The molecule has 234 valence electrons. The van der Waals surface area contributed by atoms with Crippen molar-refractivity contribution < 1.29 is 4.42 Å². The van der Waals surface area contributed by atoms with E-state index in [0.717, 1.165) is 65.7 Å². The lowest BCUT2D eigenvalue weighted by Gasteiger charge is -2.28. The van der Waals surface area contributed by atoms with Gasteiger partial charge in [-0.25, -0.2) is 0 Å². The summed E-state index contributed by atoms with van der Waals surface area (Å²) in [5.74, 6) is 0. The number of hydrogen-bond acceptors (Lipinski definition) is 1. The van der Waals surface area contributed by atoms with Crippen LogP contribution in [0.25, 0.3) is 98.4 Å². The zero-order valence-electron chi connectivity index (χ0n) is 29.6. The summed E-state index contributed by atoms with van der Waals surface area (Å²) in [6.45, 7) is 0. The highest BCUT2D eigenvalue weighted by Gasteiger charge is 2.25. The van der Waals surface area contributed by atoms with Crippen molar-refractivity contribution in [1.29, 1.82) is 0 Å². The summed E-state index contributed by atoms with van der Waals surface area (Å²) in [5, 5.41) is 8.80. The summed E-state index contributed by atoms with van der Waals surface area (Å²) in [7, 11) is 54.5. The van der Waals surface area contributed by atoms with E-state index in [0.29, 0.717) is 32.7 Å². The molecule has 0 bridgehead atoms. The van der Waals surface area contributed by atoms with E-state index < -0.39 is 0 Å². The van der Waals surface area contributed by atoms with Gasteiger partial charge in [-0.2, -0.15) is 0 Å². The van der Waals surface area contributed by atoms with Crippen molar-refractivity contribution in [3.05, 3.63) is 121 Å². The van der Waals surface area contributed by atoms with Gasteiger partial charge >= 0.3 is 0 Å². The van der Waals surface area contributed by atoms with Gasteiger partial charge < -0.3 is 4.42 Å². The summed E-state index contributed by atoms with van der Waals surface area (Å²) >= 11 is 0. The molecule has 0 atom stereocenters. The lowest BCUT2D eigenvalue weighted by atomic mass is 9.59. The maximum absolute atomic E-state index is 7.00. The van der Waals surface area contributed by atoms with Crippen LogP contribution in [0.1, 0.15) is 0 Å². The van der Waals surface area contributed by atoms with Gasteiger partial charge in [0, 0.05) is 10.8 Å². The lowest BCUT2D eigenvalue weighted by Crippen LogP contribution is -2.50. The van der Waals surface area contributed by atoms with Crippen LogP contribution in [0.15, 0.2) is 126 Å². The Kier molecular flexibility index (Phi) is 7.66. The molecule has 1 heterocycles. The van der Waals surface area contributed by atoms with Gasteiger partial charge in [0.05, 0.1) is 0 Å². The number of furan rings is 1. The van der Waals surface area contributed by atoms with Crippen molar-refractivity contribution in [1.82, 2.24) is 0 Å². The van der Waals surface area contributed by atoms with Crippen molar-refractivity contribution in [3.63, 3.8) is 0 Å². The van der Waals surface area contributed by atoms with Crippen LogP contribution in [-0.4, -0.2) is 62.8 Å². The summed E-state index contributed by atoms with van der Waals surface area (Å²) < 4.78 is 6.19. The third kappa shape index (κ3) is 4.85. The molecule has 16 radical (unpaired) electrons. The van der Waals surface area contributed by atoms with Gasteiger partial charge in [0.2, 0.25) is 0 Å². The second-order valence-corrected chi connectivity index (χ2v) is 14.1. The highest BCUT2D eigenvalue weighted by atomic mass is 16.3. The number of para-hydroxylation sites is 1. The second-order valence-electron chi connectivity index (χ2n) is 14.1. The van der Waals surface area contributed by atoms with E-state index in [2.05, 4.69) is 60.7 Å². The molecule has 9 aromatic carbocycles. The molecule has 9 heteroatoms. The molecule has 10 rings (SSSR count). The fraction of sp³-hybridized carbons (Fsp3) is 0. The SMILES string of the molecule is [B]c1c([B])c([B])c2c(-c3ccc4c(ccc5ccccc54)c3)c3c([B])c([B])c([B])c([B])c3c(-c3ccc(-c4cccc5oc6ccccc6c45)cc3)c2c1[B]. The molecule has 0 unspecified atom stereocenters. The maximum atomic E-state index is 7.00. The predicted octanol–water partition coefficient (Wildman–Crippen LogP) is 3.55. The molecule has 0 N–H and O–H groups in total. The van der Waals surface area contributed by atoms with Gasteiger partial charge in [-0.05, 0) is 94.7 Å². The molecule has 55 heavy (non-hydrogen) atoms. The largest absolute Gasteiger partial charge is 0.456 e. The highest BCUT2D eigenvalue weighted by Crippen LogP contribution is 2.43. The molecule has 1 aromatic heterocycles. The van der Waals surface area contributed by atoms with Crippen molar-refractivity contribution in [2.75, 3.05) is 0 Å². The molecule has 10 aromatic rings. The Balaban J connectivity index is 1.31. The zero-order valence-corrected chi connectivity index (χ0v) is 29.6. The molecule has 0 fully saturated rings. The third-order valence-corrected chi connectivity index (χ3v) is 11.2. The second kappa shape index (κ2) is 12.4. The van der Waals surface area contributed by atoms with E-state index in [-0.39, 0.29) is 43.7 Å². The fourth-order valence-electron chi connectivity index (χ4n) is 8.52. The third-order valence-electron chi connectivity index (χ3n) is 11.2. The van der Waals surface area contributed by atoms with Crippen LogP contribution >= 0.6 is 0 Å². The first kappa shape index (κ1) is 33.9. The van der Waals surface area contributed by atoms with E-state index in [1.807, 2.05) is 60.7 Å². The molecule has 0 aliphatic carbocycles. The first-order valence-corrected chi connectivity index (χ1v) is 17.8. The van der Waals surface area contributed by atoms with Crippen LogP contribution in [0.2, 0.25) is 0 Å². The Bertz CT molecular complexity index is 3210. The lowest BCUT2D eigenvalue weighted by molar-refractivity contribution is 0.669. The molecular formula is C46H20B8O. The summed E-state index contributed by atoms with van der Waals surface area (Å²) in [4.78, 5) is 0. The molecule has 0 saturated carbocycles. The number of fused-ring (bicyclic) bond motifs is 8. The van der Waals surface area contributed by atoms with Gasteiger partial charge in [0.15, 0.2) is 0 Å². The summed E-state index contributed by atoms with van der Waals surface area (Å²) in [5.41, 5.74) is 8.33. The van der Waals surface area contributed by atoms with E-state index in [1.165, 1.54) is 0 Å². The average Bonchev–Trinajstić information content (AvgIpc) is 3.61. The predicted molar refractivity (Wildman–Crippen MR) is 243 cm³/mol. The number of rotatable bonds is 3. The minimum atomic E-state index is 0.173. The van der Waals surface area contributed by atoms with E-state index >= 15 is 0 Å². The molecule has 0 amide bonds. The molecule has 0 spiro atoms. The van der Waals surface area contributed by atoms with Crippen LogP contribution in [0, 0.1) is 0 Å². The Morgan fingerprint density at radius 2 is 0.782 bits per heavy atom. The summed E-state index contributed by atoms with van der Waals surface area (Å²) in [6, 6.07) is 41.0. The first-order valence-electron chi connectivity index (χ1n) is 17.8. The Morgan fingerprint density at radius 1 is 0.309 bits per heavy atom. The smallest absolute Gasteiger partial charge is 0.136 e. The van der Waals surface area contributed by atoms with Gasteiger partial charge in [-0.15, -0.1) is 21.9 Å². The van der Waals surface area contributed by atoms with Crippen LogP contribution in [0.4, 0.5) is 0 Å². The van der Waals surface area contributed by atoms with Gasteiger partial charge in [0.25, 0.3) is 0 Å². The van der Waals surface area contributed by atoms with Crippen molar-refractivity contribution in [2.45, 2.75) is 0 Å². The maximum Gasteiger partial charge on any atom is 0.136 e. The van der Waals surface area contributed by atoms with Crippen LogP contribution < -0.4 is 43.7 Å². The van der Waals surface area contributed by atoms with E-state index in [9.17, 15) is 0 Å². The fourth-order valence-corrected chi connectivity index (χ4v) is 8.52. The topological polar surface area (TPSA) is 13.1 Å². The van der Waals surface area contributed by atoms with Crippen LogP contribution in [-0.2, 0) is 0 Å². The number of hydrogen-bond donors (Lipinski definition) is 0. The Labute approximate surface area is 329 Å². The zero-order chi connectivity index (χ0) is 37.9. The highest BCUT2D eigenvalue weighted by molar-refractivity contribution is 6.71. The minimum Gasteiger partial charge on any atom is -0.456 e. The Morgan fingerprint density at radius 3 is 1.42 bits per heavy atom. The molecule has 0 aliphatic heterocycles. The summed E-state index contributed by atoms with van der Waals surface area (Å²) in [6.07, 6.45) is 0. The quantitative estimate of drug-likeness (QED) is 0.159. The van der Waals surface area contributed by atoms with Crippen molar-refractivity contribution in [3.8, 4) is 33.4 Å². The standard InChI is InChI=1S/C46H20B8O/c47-39-35-32(23-15-12-22(13-16-23)28-9-5-11-31-34(28)29-8-3-4-10-30(29)55-31)36-38(42(50)46(54)44(52)40(36)48)33(37(35)41(49)45(53)43(39)51)25-18-19-27-24(20-25)17-14-21-6-1-2-7-26(21)27/h1-20H. The molecular weight excluding hydrogens is 655 g/mol. The van der Waals surface area contributed by atoms with Gasteiger partial charge in [-0.3, -0.25) is 0 Å². The monoisotopic (exact) mass is 676 g/mol. The number of benzene rings is 9. The van der Waals surface area contributed by atoms with Gasteiger partial charge in [-0.1, -0.05) is 125 Å². The Hall–Kier alpha value is -5.66. The van der Waals surface area contributed by atoms with Crippen molar-refractivity contribution >= 4 is 172 Å². The van der Waals surface area contributed by atoms with Gasteiger partial charge in [0.1, 0.15) is 73.9 Å². The van der Waals surface area contributed by atoms with Crippen LogP contribution in [0.3, 0.4) is 0 Å². The molecule has 1 nitrogen and oxygen atoms in total. The average molecular weight is 675 g/mol. The molecule has 0 aliphatic rings. The van der Waals surface area contributed by atoms with E-state index in [4.69, 9.17) is 67.2 Å². The van der Waals surface area contributed by atoms with Crippen LogP contribution in [0.5, 0.6) is 0 Å².